The summed E-state index contributed by atoms with van der Waals surface area (Å²) in [6.07, 6.45) is 0. The summed E-state index contributed by atoms with van der Waals surface area (Å²) in [6, 6.07) is 3.02. The van der Waals surface area contributed by atoms with Gasteiger partial charge in [0.15, 0.2) is 11.5 Å². The van der Waals surface area contributed by atoms with E-state index in [-0.39, 0.29) is 10.8 Å². The van der Waals surface area contributed by atoms with Gasteiger partial charge in [0.2, 0.25) is 0 Å². The van der Waals surface area contributed by atoms with Crippen LogP contribution < -0.4 is 8.37 Å². The van der Waals surface area contributed by atoms with E-state index in [4.69, 9.17) is 23.2 Å². The molecule has 0 radical (unpaired) electrons. The van der Waals surface area contributed by atoms with E-state index in [0.717, 1.165) is 12.1 Å². The molecule has 6 nitrogen and oxygen atoms in total. The van der Waals surface area contributed by atoms with Crippen LogP contribution in [0.3, 0.4) is 0 Å². The Kier molecular flexibility index (Phi) is 5.66. The molecule has 16 heteroatoms. The molecule has 0 spiro atoms. The Morgan fingerprint density at radius 3 is 1.18 bits per heavy atom. The van der Waals surface area contributed by atoms with E-state index in [9.17, 15) is 43.2 Å². The molecule has 0 aliphatic carbocycles. The predicted octanol–water partition coefficient (Wildman–Crippen LogP) is 4.60. The first-order valence-corrected chi connectivity index (χ1v) is 9.96. The zero-order chi connectivity index (χ0) is 21.7. The smallest absolute Gasteiger partial charge is 0.374 e. The quantitative estimate of drug-likeness (QED) is 0.352. The molecular weight excluding hydrogens is 489 g/mol. The second kappa shape index (κ2) is 7.00. The number of hydrogen-bond donors (Lipinski definition) is 0. The first-order chi connectivity index (χ1) is 12.4. The van der Waals surface area contributed by atoms with Crippen LogP contribution in [0.15, 0.2) is 24.3 Å². The second-order valence-corrected chi connectivity index (χ2v) is 8.77. The van der Waals surface area contributed by atoms with Crippen molar-refractivity contribution < 1.29 is 51.5 Å². The number of alkyl halides is 6. The maximum atomic E-state index is 12.4. The normalized spacial score (nSPS) is 13.6. The average molecular weight is 493 g/mol. The van der Waals surface area contributed by atoms with Crippen molar-refractivity contribution in [2.24, 2.45) is 0 Å². The minimum absolute atomic E-state index is 0.140. The van der Waals surface area contributed by atoms with E-state index < -0.39 is 52.8 Å². The van der Waals surface area contributed by atoms with Gasteiger partial charge in [-0.2, -0.15) is 43.2 Å². The molecule has 156 valence electrons. The Morgan fingerprint density at radius 1 is 0.643 bits per heavy atom. The maximum absolute atomic E-state index is 12.4. The fraction of sp³-hybridized carbons (Fsp3) is 0.167. The highest BCUT2D eigenvalue weighted by Crippen LogP contribution is 2.39. The van der Waals surface area contributed by atoms with Crippen LogP contribution in [0.2, 0.25) is 10.0 Å². The summed E-state index contributed by atoms with van der Waals surface area (Å²) < 4.78 is 126. The molecule has 0 aliphatic rings. The Bertz CT molecular complexity index is 1050. The number of benzene rings is 2. The van der Waals surface area contributed by atoms with Crippen molar-refractivity contribution in [3.63, 3.8) is 0 Å². The van der Waals surface area contributed by atoms with Crippen LogP contribution in [-0.4, -0.2) is 27.9 Å². The van der Waals surface area contributed by atoms with Crippen LogP contribution in [-0.2, 0) is 20.2 Å². The molecule has 0 aromatic heterocycles. The van der Waals surface area contributed by atoms with Gasteiger partial charge in [-0.05, 0) is 35.0 Å². The Hall–Kier alpha value is -1.64. The van der Waals surface area contributed by atoms with Gasteiger partial charge in [0.05, 0.1) is 10.0 Å². The molecule has 0 unspecified atom stereocenters. The number of fused-ring (bicyclic) bond motifs is 1. The lowest BCUT2D eigenvalue weighted by Gasteiger charge is -2.13. The topological polar surface area (TPSA) is 86.7 Å². The van der Waals surface area contributed by atoms with E-state index in [1.807, 2.05) is 0 Å². The maximum Gasteiger partial charge on any atom is 0.534 e. The molecule has 28 heavy (non-hydrogen) atoms. The standard InChI is InChI=1S/C12H4Cl2F6O6S2/c13-7-1-5-3-10(26-28(23,24)12(18,19)20)8(14)2-6(5)4-9(7)25-27(21,22)11(15,16)17/h1-4H. The number of halogens is 8. The van der Waals surface area contributed by atoms with Gasteiger partial charge in [-0.3, -0.25) is 0 Å². The third-order valence-corrected chi connectivity index (χ3v) is 5.43. The van der Waals surface area contributed by atoms with Gasteiger partial charge >= 0.3 is 31.3 Å². The molecule has 0 saturated heterocycles. The highest BCUT2D eigenvalue weighted by molar-refractivity contribution is 7.88. The van der Waals surface area contributed by atoms with Crippen molar-refractivity contribution in [1.29, 1.82) is 0 Å². The molecule has 0 N–H and O–H groups in total. The lowest BCUT2D eigenvalue weighted by atomic mass is 10.1. The van der Waals surface area contributed by atoms with E-state index in [1.165, 1.54) is 0 Å². The zero-order valence-electron chi connectivity index (χ0n) is 12.6. The van der Waals surface area contributed by atoms with Crippen molar-refractivity contribution in [3.05, 3.63) is 34.3 Å². The summed E-state index contributed by atoms with van der Waals surface area (Å²) in [5, 5.41) is -1.63. The molecule has 2 aromatic carbocycles. The van der Waals surface area contributed by atoms with E-state index >= 15 is 0 Å². The Balaban J connectivity index is 2.53. The molecule has 0 amide bonds. The molecule has 0 saturated carbocycles. The third-order valence-electron chi connectivity index (χ3n) is 2.91. The minimum atomic E-state index is -6.05. The van der Waals surface area contributed by atoms with Gasteiger partial charge in [-0.15, -0.1) is 0 Å². The summed E-state index contributed by atoms with van der Waals surface area (Å²) in [4.78, 5) is 0. The highest BCUT2D eigenvalue weighted by atomic mass is 35.5. The van der Waals surface area contributed by atoms with Gasteiger partial charge < -0.3 is 8.37 Å². The van der Waals surface area contributed by atoms with Gasteiger partial charge in [0.25, 0.3) is 0 Å². The summed E-state index contributed by atoms with van der Waals surface area (Å²) in [5.74, 6) is -1.89. The van der Waals surface area contributed by atoms with Gasteiger partial charge in [0, 0.05) is 0 Å². The predicted molar refractivity (Wildman–Crippen MR) is 85.2 cm³/mol. The molecule has 0 bridgehead atoms. The molecule has 0 fully saturated rings. The van der Waals surface area contributed by atoms with Crippen molar-refractivity contribution in [2.45, 2.75) is 11.0 Å². The van der Waals surface area contributed by atoms with Crippen LogP contribution >= 0.6 is 23.2 Å². The summed E-state index contributed by atoms with van der Waals surface area (Å²) in [7, 11) is -12.1. The fourth-order valence-corrected chi connectivity index (χ4v) is 3.16. The van der Waals surface area contributed by atoms with Crippen LogP contribution in [0.25, 0.3) is 10.8 Å². The Labute approximate surface area is 162 Å². The fourth-order valence-electron chi connectivity index (χ4n) is 1.71. The zero-order valence-corrected chi connectivity index (χ0v) is 15.7. The Morgan fingerprint density at radius 2 is 0.929 bits per heavy atom. The number of rotatable bonds is 4. The van der Waals surface area contributed by atoms with Crippen LogP contribution in [0.1, 0.15) is 0 Å². The summed E-state index contributed by atoms with van der Waals surface area (Å²) in [5.41, 5.74) is -11.5. The van der Waals surface area contributed by atoms with Gasteiger partial charge in [0.1, 0.15) is 0 Å². The molecule has 0 heterocycles. The van der Waals surface area contributed by atoms with Crippen molar-refractivity contribution >= 4 is 54.2 Å². The SMILES string of the molecule is O=S(=O)(Oc1cc2cc(Cl)c(OS(=O)(=O)C(F)(F)F)cc2cc1Cl)C(F)(F)F. The number of hydrogen-bond acceptors (Lipinski definition) is 6. The lowest BCUT2D eigenvalue weighted by Crippen LogP contribution is -2.28. The molecule has 0 aliphatic heterocycles. The van der Waals surface area contributed by atoms with E-state index in [2.05, 4.69) is 8.37 Å². The average Bonchev–Trinajstić information content (AvgIpc) is 2.47. The van der Waals surface area contributed by atoms with Crippen LogP contribution in [0.5, 0.6) is 11.5 Å². The van der Waals surface area contributed by atoms with E-state index in [1.54, 1.807) is 0 Å². The summed E-state index contributed by atoms with van der Waals surface area (Å²) in [6.45, 7) is 0. The monoisotopic (exact) mass is 492 g/mol. The van der Waals surface area contributed by atoms with Crippen LogP contribution in [0, 0.1) is 0 Å². The minimum Gasteiger partial charge on any atom is -0.374 e. The van der Waals surface area contributed by atoms with E-state index in [0.29, 0.717) is 12.1 Å². The molecule has 2 rings (SSSR count). The summed E-state index contributed by atoms with van der Waals surface area (Å²) >= 11 is 11.3. The van der Waals surface area contributed by atoms with Crippen LogP contribution in [0.4, 0.5) is 26.3 Å². The molecule has 0 atom stereocenters. The lowest BCUT2D eigenvalue weighted by molar-refractivity contribution is -0.0504. The van der Waals surface area contributed by atoms with Crippen molar-refractivity contribution in [3.8, 4) is 11.5 Å². The third kappa shape index (κ3) is 4.50. The molecule has 2 aromatic rings. The second-order valence-electron chi connectivity index (χ2n) is 4.88. The largest absolute Gasteiger partial charge is 0.534 e. The van der Waals surface area contributed by atoms with Crippen molar-refractivity contribution in [2.75, 3.05) is 0 Å². The first kappa shape index (κ1) is 22.6. The van der Waals surface area contributed by atoms with Gasteiger partial charge in [-0.1, -0.05) is 23.2 Å². The molecular formula is C12H4Cl2F6O6S2. The van der Waals surface area contributed by atoms with Crippen molar-refractivity contribution in [1.82, 2.24) is 0 Å². The van der Waals surface area contributed by atoms with Gasteiger partial charge in [-0.25, -0.2) is 0 Å². The first-order valence-electron chi connectivity index (χ1n) is 6.39. The highest BCUT2D eigenvalue weighted by Gasteiger charge is 2.49.